The van der Waals surface area contributed by atoms with Crippen LogP contribution in [0.1, 0.15) is 61.4 Å². The SMILES string of the molecule is CCCCCCCCOC(=O)c1ccc2cc(OCc3ccccc3)ccc2c1. The summed E-state index contributed by atoms with van der Waals surface area (Å²) < 4.78 is 11.3. The maximum atomic E-state index is 12.3. The minimum Gasteiger partial charge on any atom is -0.489 e. The van der Waals surface area contributed by atoms with Gasteiger partial charge in [-0.05, 0) is 47.0 Å². The summed E-state index contributed by atoms with van der Waals surface area (Å²) in [4.78, 5) is 12.3. The van der Waals surface area contributed by atoms with Gasteiger partial charge in [-0.2, -0.15) is 0 Å². The van der Waals surface area contributed by atoms with E-state index in [1.165, 1.54) is 25.7 Å². The first kappa shape index (κ1) is 20.9. The number of carbonyl (C=O) groups is 1. The quantitative estimate of drug-likeness (QED) is 0.263. The van der Waals surface area contributed by atoms with E-state index in [4.69, 9.17) is 9.47 Å². The molecule has 0 aliphatic rings. The van der Waals surface area contributed by atoms with Crippen LogP contribution in [0.15, 0.2) is 66.7 Å². The lowest BCUT2D eigenvalue weighted by Crippen LogP contribution is -2.06. The fourth-order valence-corrected chi connectivity index (χ4v) is 3.31. The van der Waals surface area contributed by atoms with Crippen LogP contribution < -0.4 is 4.74 Å². The van der Waals surface area contributed by atoms with E-state index in [9.17, 15) is 4.79 Å². The van der Waals surface area contributed by atoms with Gasteiger partial charge in [-0.15, -0.1) is 0 Å². The molecule has 3 aromatic rings. The molecule has 3 nitrogen and oxygen atoms in total. The zero-order valence-electron chi connectivity index (χ0n) is 17.2. The average Bonchev–Trinajstić information content (AvgIpc) is 2.77. The third-order valence-electron chi connectivity index (χ3n) is 5.03. The van der Waals surface area contributed by atoms with E-state index in [0.29, 0.717) is 18.8 Å². The van der Waals surface area contributed by atoms with Crippen LogP contribution in [0.25, 0.3) is 10.8 Å². The third kappa shape index (κ3) is 6.63. The molecule has 0 N–H and O–H groups in total. The molecule has 0 saturated carbocycles. The lowest BCUT2D eigenvalue weighted by molar-refractivity contribution is 0.0498. The number of ether oxygens (including phenoxy) is 2. The molecule has 0 aliphatic heterocycles. The number of hydrogen-bond acceptors (Lipinski definition) is 3. The van der Waals surface area contributed by atoms with Gasteiger partial charge < -0.3 is 9.47 Å². The van der Waals surface area contributed by atoms with Crippen molar-refractivity contribution >= 4 is 16.7 Å². The normalized spacial score (nSPS) is 10.8. The predicted octanol–water partition coefficient (Wildman–Crippen LogP) is 6.94. The number of hydrogen-bond donors (Lipinski definition) is 0. The topological polar surface area (TPSA) is 35.5 Å². The number of fused-ring (bicyclic) bond motifs is 1. The Bertz CT molecular complexity index is 902. The van der Waals surface area contributed by atoms with Crippen LogP contribution >= 0.6 is 0 Å². The molecule has 0 aromatic heterocycles. The first-order chi connectivity index (χ1) is 14.3. The maximum Gasteiger partial charge on any atom is 0.338 e. The fourth-order valence-electron chi connectivity index (χ4n) is 3.31. The van der Waals surface area contributed by atoms with E-state index in [1.54, 1.807) is 0 Å². The second-order valence-electron chi connectivity index (χ2n) is 7.40. The molecular formula is C26H30O3. The van der Waals surface area contributed by atoms with E-state index >= 15 is 0 Å². The smallest absolute Gasteiger partial charge is 0.338 e. The minimum atomic E-state index is -0.245. The monoisotopic (exact) mass is 390 g/mol. The number of rotatable bonds is 11. The highest BCUT2D eigenvalue weighted by Gasteiger charge is 2.08. The van der Waals surface area contributed by atoms with Gasteiger partial charge in [-0.25, -0.2) is 4.79 Å². The van der Waals surface area contributed by atoms with Crippen molar-refractivity contribution in [2.75, 3.05) is 6.61 Å². The molecule has 0 heterocycles. The molecule has 0 saturated heterocycles. The van der Waals surface area contributed by atoms with Crippen LogP contribution in [-0.4, -0.2) is 12.6 Å². The molecule has 0 radical (unpaired) electrons. The van der Waals surface area contributed by atoms with Crippen molar-refractivity contribution in [3.05, 3.63) is 77.9 Å². The van der Waals surface area contributed by atoms with Gasteiger partial charge in [0.2, 0.25) is 0 Å². The second kappa shape index (κ2) is 11.3. The van der Waals surface area contributed by atoms with Gasteiger partial charge >= 0.3 is 5.97 Å². The summed E-state index contributed by atoms with van der Waals surface area (Å²) in [7, 11) is 0. The largest absolute Gasteiger partial charge is 0.489 e. The van der Waals surface area contributed by atoms with Crippen LogP contribution in [0.3, 0.4) is 0 Å². The minimum absolute atomic E-state index is 0.245. The van der Waals surface area contributed by atoms with Crippen LogP contribution in [-0.2, 0) is 11.3 Å². The van der Waals surface area contributed by atoms with Gasteiger partial charge in [0.1, 0.15) is 12.4 Å². The predicted molar refractivity (Wildman–Crippen MR) is 118 cm³/mol. The molecule has 0 aliphatic carbocycles. The van der Waals surface area contributed by atoms with Gasteiger partial charge in [0, 0.05) is 0 Å². The van der Waals surface area contributed by atoms with Gasteiger partial charge in [-0.3, -0.25) is 0 Å². The zero-order chi connectivity index (χ0) is 20.3. The molecule has 3 heteroatoms. The average molecular weight is 391 g/mol. The van der Waals surface area contributed by atoms with Crippen molar-refractivity contribution in [2.24, 2.45) is 0 Å². The highest BCUT2D eigenvalue weighted by molar-refractivity contribution is 5.95. The van der Waals surface area contributed by atoms with Crippen molar-refractivity contribution in [1.82, 2.24) is 0 Å². The summed E-state index contributed by atoms with van der Waals surface area (Å²) in [6, 6.07) is 21.7. The van der Waals surface area contributed by atoms with E-state index in [-0.39, 0.29) is 5.97 Å². The summed E-state index contributed by atoms with van der Waals surface area (Å²) in [6.45, 7) is 3.24. The molecule has 0 unspecified atom stereocenters. The third-order valence-corrected chi connectivity index (χ3v) is 5.03. The maximum absolute atomic E-state index is 12.3. The molecule has 0 fully saturated rings. The van der Waals surface area contributed by atoms with Gasteiger partial charge in [0.05, 0.1) is 12.2 Å². The Balaban J connectivity index is 1.51. The Labute approximate surface area is 173 Å². The van der Waals surface area contributed by atoms with Crippen molar-refractivity contribution in [3.63, 3.8) is 0 Å². The molecule has 0 atom stereocenters. The van der Waals surface area contributed by atoms with Crippen LogP contribution in [0.5, 0.6) is 5.75 Å². The van der Waals surface area contributed by atoms with Crippen LogP contribution in [0.4, 0.5) is 0 Å². The van der Waals surface area contributed by atoms with Crippen LogP contribution in [0, 0.1) is 0 Å². The van der Waals surface area contributed by atoms with Crippen molar-refractivity contribution < 1.29 is 14.3 Å². The second-order valence-corrected chi connectivity index (χ2v) is 7.40. The molecular weight excluding hydrogens is 360 g/mol. The number of carbonyl (C=O) groups excluding carboxylic acids is 1. The van der Waals surface area contributed by atoms with Gasteiger partial charge in [0.15, 0.2) is 0 Å². The first-order valence-electron chi connectivity index (χ1n) is 10.6. The van der Waals surface area contributed by atoms with Gasteiger partial charge in [0.25, 0.3) is 0 Å². The van der Waals surface area contributed by atoms with Crippen molar-refractivity contribution in [3.8, 4) is 5.75 Å². The Morgan fingerprint density at radius 2 is 1.52 bits per heavy atom. The molecule has 152 valence electrons. The lowest BCUT2D eigenvalue weighted by Gasteiger charge is -2.09. The van der Waals surface area contributed by atoms with E-state index in [0.717, 1.165) is 34.9 Å². The summed E-state index contributed by atoms with van der Waals surface area (Å²) >= 11 is 0. The summed E-state index contributed by atoms with van der Waals surface area (Å²) in [6.07, 6.45) is 7.08. The summed E-state index contributed by atoms with van der Waals surface area (Å²) in [5.74, 6) is 0.574. The molecule has 29 heavy (non-hydrogen) atoms. The van der Waals surface area contributed by atoms with E-state index in [2.05, 4.69) is 6.92 Å². The summed E-state index contributed by atoms with van der Waals surface area (Å²) in [5, 5.41) is 2.05. The molecule has 3 rings (SSSR count). The molecule has 0 amide bonds. The number of benzene rings is 3. The molecule has 0 spiro atoms. The van der Waals surface area contributed by atoms with Crippen molar-refractivity contribution in [1.29, 1.82) is 0 Å². The number of esters is 1. The van der Waals surface area contributed by atoms with Gasteiger partial charge in [-0.1, -0.05) is 81.5 Å². The Morgan fingerprint density at radius 3 is 2.34 bits per heavy atom. The van der Waals surface area contributed by atoms with E-state index < -0.39 is 0 Å². The Morgan fingerprint density at radius 1 is 0.793 bits per heavy atom. The van der Waals surface area contributed by atoms with Crippen LogP contribution in [0.2, 0.25) is 0 Å². The van der Waals surface area contributed by atoms with Crippen molar-refractivity contribution in [2.45, 2.75) is 52.1 Å². The zero-order valence-corrected chi connectivity index (χ0v) is 17.2. The summed E-state index contributed by atoms with van der Waals surface area (Å²) in [5.41, 5.74) is 1.73. The van der Waals surface area contributed by atoms with E-state index in [1.807, 2.05) is 66.7 Å². The number of unbranched alkanes of at least 4 members (excludes halogenated alkanes) is 5. The lowest BCUT2D eigenvalue weighted by atomic mass is 10.1. The molecule has 0 bridgehead atoms. The Hall–Kier alpha value is -2.81. The standard InChI is InChI=1S/C26H30O3/c1-2-3-4-5-6-10-17-28-26(27)24-14-13-23-19-25(16-15-22(23)18-24)29-20-21-11-8-7-9-12-21/h7-9,11-16,18-19H,2-6,10,17,20H2,1H3. The Kier molecular flexibility index (Phi) is 8.12. The highest BCUT2D eigenvalue weighted by Crippen LogP contribution is 2.23. The fraction of sp³-hybridized carbons (Fsp3) is 0.346. The molecule has 3 aromatic carbocycles. The first-order valence-corrected chi connectivity index (χ1v) is 10.6. The highest BCUT2D eigenvalue weighted by atomic mass is 16.5.